The molecule has 0 radical (unpaired) electrons. The van der Waals surface area contributed by atoms with Crippen molar-refractivity contribution < 1.29 is 0 Å². The first kappa shape index (κ1) is 18.7. The van der Waals surface area contributed by atoms with Gasteiger partial charge in [0.2, 0.25) is 0 Å². The zero-order chi connectivity index (χ0) is 19.0. The van der Waals surface area contributed by atoms with E-state index in [1.165, 1.54) is 4.88 Å². The molecule has 0 saturated heterocycles. The van der Waals surface area contributed by atoms with Crippen LogP contribution in [0.1, 0.15) is 11.8 Å². The lowest BCUT2D eigenvalue weighted by atomic mass is 10.0. The number of benzene rings is 2. The second-order valence-corrected chi connectivity index (χ2v) is 8.67. The summed E-state index contributed by atoms with van der Waals surface area (Å²) in [5.41, 5.74) is 3.01. The van der Waals surface area contributed by atoms with Crippen molar-refractivity contribution in [1.29, 1.82) is 0 Å². The van der Waals surface area contributed by atoms with Gasteiger partial charge in [0.1, 0.15) is 17.0 Å². The van der Waals surface area contributed by atoms with E-state index in [1.54, 1.807) is 23.7 Å². The number of hydrogen-bond acceptors (Lipinski definition) is 4. The average Bonchev–Trinajstić information content (AvgIpc) is 3.06. The summed E-state index contributed by atoms with van der Waals surface area (Å²) >= 11 is 17.7. The number of hydrogen-bond donors (Lipinski definition) is 1. The highest BCUT2D eigenvalue weighted by molar-refractivity contribution is 9.10. The van der Waals surface area contributed by atoms with Gasteiger partial charge in [-0.25, -0.2) is 9.97 Å². The van der Waals surface area contributed by atoms with E-state index in [9.17, 15) is 0 Å². The van der Waals surface area contributed by atoms with Crippen LogP contribution in [-0.4, -0.2) is 9.97 Å². The van der Waals surface area contributed by atoms with Crippen LogP contribution < -0.4 is 5.32 Å². The number of anilines is 2. The maximum absolute atomic E-state index is 6.36. The Labute approximate surface area is 179 Å². The summed E-state index contributed by atoms with van der Waals surface area (Å²) in [5.74, 6) is 0.720. The first-order chi connectivity index (χ1) is 13.1. The number of rotatable bonds is 4. The van der Waals surface area contributed by atoms with Crippen molar-refractivity contribution in [2.24, 2.45) is 0 Å². The van der Waals surface area contributed by atoms with Crippen LogP contribution in [0.25, 0.3) is 21.3 Å². The number of fused-ring (bicyclic) bond motifs is 1. The monoisotopic (exact) mass is 477 g/mol. The van der Waals surface area contributed by atoms with Crippen LogP contribution in [0.15, 0.2) is 53.3 Å². The first-order valence-electron chi connectivity index (χ1n) is 8.31. The van der Waals surface area contributed by atoms with E-state index in [0.717, 1.165) is 43.7 Å². The summed E-state index contributed by atoms with van der Waals surface area (Å²) in [5, 5.41) is 5.32. The molecule has 27 heavy (non-hydrogen) atoms. The third-order valence-electron chi connectivity index (χ3n) is 4.22. The van der Waals surface area contributed by atoms with Gasteiger partial charge in [0.25, 0.3) is 0 Å². The minimum atomic E-state index is 0.474. The summed E-state index contributed by atoms with van der Waals surface area (Å²) in [4.78, 5) is 11.2. The summed E-state index contributed by atoms with van der Waals surface area (Å²) in [6.45, 7) is 2.15. The van der Waals surface area contributed by atoms with Crippen molar-refractivity contribution in [2.75, 3.05) is 5.32 Å². The molecule has 0 saturated carbocycles. The van der Waals surface area contributed by atoms with Gasteiger partial charge in [-0.1, -0.05) is 64.3 Å². The number of thiophene rings is 1. The van der Waals surface area contributed by atoms with E-state index in [0.29, 0.717) is 10.0 Å². The molecular formula is C20H14BrCl2N3S. The zero-order valence-corrected chi connectivity index (χ0v) is 18.2. The quantitative estimate of drug-likeness (QED) is 0.326. The Balaban J connectivity index is 1.93. The molecule has 0 aliphatic rings. The molecule has 0 aliphatic carbocycles. The Hall–Kier alpha value is -1.66. The van der Waals surface area contributed by atoms with E-state index in [-0.39, 0.29) is 0 Å². The van der Waals surface area contributed by atoms with E-state index in [2.05, 4.69) is 50.3 Å². The molecule has 4 aromatic rings. The lowest BCUT2D eigenvalue weighted by molar-refractivity contribution is 1.19. The Morgan fingerprint density at radius 2 is 1.85 bits per heavy atom. The van der Waals surface area contributed by atoms with E-state index in [4.69, 9.17) is 23.2 Å². The fourth-order valence-electron chi connectivity index (χ4n) is 2.97. The highest BCUT2D eigenvalue weighted by Crippen LogP contribution is 2.42. The van der Waals surface area contributed by atoms with Crippen LogP contribution in [0.5, 0.6) is 0 Å². The van der Waals surface area contributed by atoms with Crippen molar-refractivity contribution in [3.63, 3.8) is 0 Å². The zero-order valence-electron chi connectivity index (χ0n) is 14.3. The molecule has 2 heterocycles. The molecular weight excluding hydrogens is 465 g/mol. The fourth-order valence-corrected chi connectivity index (χ4v) is 4.69. The molecule has 136 valence electrons. The Morgan fingerprint density at radius 1 is 1.07 bits per heavy atom. The molecule has 2 aromatic carbocycles. The number of nitrogens with one attached hydrogen (secondary N) is 1. The van der Waals surface area contributed by atoms with E-state index in [1.807, 2.05) is 24.3 Å². The predicted molar refractivity (Wildman–Crippen MR) is 120 cm³/mol. The van der Waals surface area contributed by atoms with E-state index < -0.39 is 0 Å². The van der Waals surface area contributed by atoms with Crippen LogP contribution in [0.3, 0.4) is 0 Å². The normalized spacial score (nSPS) is 11.1. The molecule has 0 fully saturated rings. The van der Waals surface area contributed by atoms with Gasteiger partial charge in [0.15, 0.2) is 0 Å². The summed E-state index contributed by atoms with van der Waals surface area (Å²) in [7, 11) is 0. The second-order valence-electron chi connectivity index (χ2n) is 5.89. The molecule has 0 bridgehead atoms. The molecule has 0 unspecified atom stereocenters. The van der Waals surface area contributed by atoms with Crippen LogP contribution in [0.2, 0.25) is 10.0 Å². The van der Waals surface area contributed by atoms with Gasteiger partial charge >= 0.3 is 0 Å². The molecule has 1 N–H and O–H groups in total. The first-order valence-corrected chi connectivity index (χ1v) is 10.7. The molecule has 0 spiro atoms. The maximum atomic E-state index is 6.36. The summed E-state index contributed by atoms with van der Waals surface area (Å²) < 4.78 is 1.05. The van der Waals surface area contributed by atoms with Gasteiger partial charge in [-0.15, -0.1) is 11.3 Å². The predicted octanol–water partition coefficient (Wildman–Crippen LogP) is 7.73. The van der Waals surface area contributed by atoms with Crippen LogP contribution in [0, 0.1) is 0 Å². The number of aryl methyl sites for hydroxylation is 1. The molecule has 4 rings (SSSR count). The van der Waals surface area contributed by atoms with E-state index >= 15 is 0 Å². The van der Waals surface area contributed by atoms with Gasteiger partial charge in [0, 0.05) is 14.9 Å². The minimum absolute atomic E-state index is 0.474. The Bertz CT molecular complexity index is 1130. The third kappa shape index (κ3) is 3.57. The Kier molecular flexibility index (Phi) is 5.37. The minimum Gasteiger partial charge on any atom is -0.338 e. The van der Waals surface area contributed by atoms with Gasteiger partial charge in [0.05, 0.1) is 21.1 Å². The summed E-state index contributed by atoms with van der Waals surface area (Å²) in [6, 6.07) is 13.8. The smallest absolute Gasteiger partial charge is 0.143 e. The van der Waals surface area contributed by atoms with Gasteiger partial charge in [-0.05, 0) is 36.2 Å². The second kappa shape index (κ2) is 7.76. The Morgan fingerprint density at radius 3 is 2.59 bits per heavy atom. The molecule has 0 amide bonds. The van der Waals surface area contributed by atoms with Gasteiger partial charge in [-0.2, -0.15) is 0 Å². The largest absolute Gasteiger partial charge is 0.338 e. The molecule has 0 atom stereocenters. The SMILES string of the molecule is CCc1sc2ncnc(Nc3cccc(Cl)c3Cl)c2c1-c1ccc(Br)cc1. The van der Waals surface area contributed by atoms with Crippen molar-refractivity contribution in [3.05, 3.63) is 68.2 Å². The third-order valence-corrected chi connectivity index (χ3v) is 6.81. The van der Waals surface area contributed by atoms with Crippen molar-refractivity contribution >= 4 is 72.2 Å². The number of aromatic nitrogens is 2. The van der Waals surface area contributed by atoms with Crippen LogP contribution in [-0.2, 0) is 6.42 Å². The maximum Gasteiger partial charge on any atom is 0.143 e. The van der Waals surface area contributed by atoms with Gasteiger partial charge in [-0.3, -0.25) is 0 Å². The van der Waals surface area contributed by atoms with Crippen molar-refractivity contribution in [1.82, 2.24) is 9.97 Å². The van der Waals surface area contributed by atoms with Crippen LogP contribution >= 0.6 is 50.5 Å². The highest BCUT2D eigenvalue weighted by Gasteiger charge is 2.19. The van der Waals surface area contributed by atoms with Crippen LogP contribution in [0.4, 0.5) is 11.5 Å². The van der Waals surface area contributed by atoms with Crippen molar-refractivity contribution in [3.8, 4) is 11.1 Å². The number of nitrogens with zero attached hydrogens (tertiary/aromatic N) is 2. The molecule has 3 nitrogen and oxygen atoms in total. The topological polar surface area (TPSA) is 37.8 Å². The molecule has 7 heteroatoms. The molecule has 0 aliphatic heterocycles. The number of halogens is 3. The lowest BCUT2D eigenvalue weighted by Gasteiger charge is -2.11. The highest BCUT2D eigenvalue weighted by atomic mass is 79.9. The standard InChI is InChI=1S/C20H14BrCl2N3S/c1-2-15-16(11-6-8-12(21)9-7-11)17-19(24-10-25-20(17)27-15)26-14-5-3-4-13(22)18(14)23/h3-10H,2H2,1H3,(H,24,25,26). The summed E-state index contributed by atoms with van der Waals surface area (Å²) in [6.07, 6.45) is 2.49. The lowest BCUT2D eigenvalue weighted by Crippen LogP contribution is -1.96. The van der Waals surface area contributed by atoms with Gasteiger partial charge < -0.3 is 5.32 Å². The fraction of sp³-hybridized carbons (Fsp3) is 0.100. The molecule has 2 aromatic heterocycles. The van der Waals surface area contributed by atoms with Crippen molar-refractivity contribution in [2.45, 2.75) is 13.3 Å². The average molecular weight is 479 g/mol.